The van der Waals surface area contributed by atoms with Crippen LogP contribution < -0.4 is 4.74 Å². The highest BCUT2D eigenvalue weighted by molar-refractivity contribution is 8.00. The molecule has 0 fully saturated rings. The molecule has 0 saturated heterocycles. The molecular weight excluding hydrogens is 208 g/mol. The fraction of sp³-hybridized carbons (Fsp3) is 0.417. The standard InChI is InChI=1S/C12H16O2S/c1-4-10(13)9(2)15-12-8-6-5-7-11(12)14-3/h5-9H,4H2,1-3H3. The van der Waals surface area contributed by atoms with E-state index >= 15 is 0 Å². The monoisotopic (exact) mass is 224 g/mol. The van der Waals surface area contributed by atoms with Crippen molar-refractivity contribution in [3.05, 3.63) is 24.3 Å². The molecule has 2 nitrogen and oxygen atoms in total. The van der Waals surface area contributed by atoms with Crippen molar-refractivity contribution in [2.45, 2.75) is 30.4 Å². The SMILES string of the molecule is CCC(=O)C(C)Sc1ccccc1OC. The summed E-state index contributed by atoms with van der Waals surface area (Å²) in [6.45, 7) is 3.82. The Hall–Kier alpha value is -0.960. The van der Waals surface area contributed by atoms with Crippen LogP contribution in [0.15, 0.2) is 29.2 Å². The Kier molecular flexibility index (Phi) is 4.69. The molecule has 0 aromatic heterocycles. The fourth-order valence-corrected chi connectivity index (χ4v) is 2.36. The topological polar surface area (TPSA) is 26.3 Å². The van der Waals surface area contributed by atoms with E-state index in [9.17, 15) is 4.79 Å². The van der Waals surface area contributed by atoms with Crippen LogP contribution in [0.25, 0.3) is 0 Å². The van der Waals surface area contributed by atoms with E-state index in [1.807, 2.05) is 38.1 Å². The van der Waals surface area contributed by atoms with Crippen molar-refractivity contribution in [1.29, 1.82) is 0 Å². The van der Waals surface area contributed by atoms with Crippen LogP contribution >= 0.6 is 11.8 Å². The zero-order valence-electron chi connectivity index (χ0n) is 9.32. The van der Waals surface area contributed by atoms with Gasteiger partial charge in [-0.15, -0.1) is 11.8 Å². The number of para-hydroxylation sites is 1. The van der Waals surface area contributed by atoms with Crippen LogP contribution in [0.4, 0.5) is 0 Å². The average Bonchev–Trinajstić information content (AvgIpc) is 2.28. The summed E-state index contributed by atoms with van der Waals surface area (Å²) >= 11 is 1.55. The van der Waals surface area contributed by atoms with Crippen molar-refractivity contribution in [3.63, 3.8) is 0 Å². The van der Waals surface area contributed by atoms with E-state index in [0.717, 1.165) is 10.6 Å². The Morgan fingerprint density at radius 1 is 1.47 bits per heavy atom. The van der Waals surface area contributed by atoms with Gasteiger partial charge >= 0.3 is 0 Å². The molecule has 1 aromatic carbocycles. The molecule has 1 aromatic rings. The Balaban J connectivity index is 2.75. The second kappa shape index (κ2) is 5.81. The van der Waals surface area contributed by atoms with E-state index < -0.39 is 0 Å². The summed E-state index contributed by atoms with van der Waals surface area (Å²) in [6.07, 6.45) is 0.587. The normalized spacial score (nSPS) is 12.2. The third-order valence-corrected chi connectivity index (χ3v) is 3.38. The molecule has 0 saturated carbocycles. The number of carbonyl (C=O) groups is 1. The minimum absolute atomic E-state index is 0.00806. The third kappa shape index (κ3) is 3.27. The lowest BCUT2D eigenvalue weighted by atomic mass is 10.2. The quantitative estimate of drug-likeness (QED) is 0.719. The third-order valence-electron chi connectivity index (χ3n) is 2.17. The minimum Gasteiger partial charge on any atom is -0.496 e. The first-order valence-corrected chi connectivity index (χ1v) is 5.89. The summed E-state index contributed by atoms with van der Waals surface area (Å²) < 4.78 is 5.23. The number of hydrogen-bond acceptors (Lipinski definition) is 3. The van der Waals surface area contributed by atoms with Gasteiger partial charge in [-0.1, -0.05) is 19.1 Å². The van der Waals surface area contributed by atoms with Gasteiger partial charge in [-0.2, -0.15) is 0 Å². The van der Waals surface area contributed by atoms with Gasteiger partial charge in [-0.05, 0) is 19.1 Å². The second-order valence-corrected chi connectivity index (χ2v) is 4.61. The zero-order valence-corrected chi connectivity index (χ0v) is 10.1. The van der Waals surface area contributed by atoms with Gasteiger partial charge < -0.3 is 4.74 Å². The summed E-state index contributed by atoms with van der Waals surface area (Å²) in [5.41, 5.74) is 0. The molecule has 0 aliphatic heterocycles. The fourth-order valence-electron chi connectivity index (χ4n) is 1.26. The van der Waals surface area contributed by atoms with E-state index in [1.54, 1.807) is 18.9 Å². The minimum atomic E-state index is -0.00806. The van der Waals surface area contributed by atoms with Gasteiger partial charge in [-0.3, -0.25) is 4.79 Å². The van der Waals surface area contributed by atoms with Crippen LogP contribution in [0, 0.1) is 0 Å². The Labute approximate surface area is 95.0 Å². The lowest BCUT2D eigenvalue weighted by molar-refractivity contribution is -0.117. The predicted molar refractivity (Wildman–Crippen MR) is 63.6 cm³/mol. The molecule has 0 N–H and O–H groups in total. The maximum absolute atomic E-state index is 11.5. The van der Waals surface area contributed by atoms with Crippen molar-refractivity contribution < 1.29 is 9.53 Å². The molecule has 0 radical (unpaired) electrons. The maximum Gasteiger partial charge on any atom is 0.145 e. The molecule has 0 aliphatic carbocycles. The number of thioether (sulfide) groups is 1. The van der Waals surface area contributed by atoms with Crippen molar-refractivity contribution in [3.8, 4) is 5.75 Å². The number of methoxy groups -OCH3 is 1. The number of ketones is 1. The number of Topliss-reactive ketones (excluding diaryl/α,β-unsaturated/α-hetero) is 1. The Morgan fingerprint density at radius 3 is 2.73 bits per heavy atom. The van der Waals surface area contributed by atoms with Crippen LogP contribution in [0.5, 0.6) is 5.75 Å². The van der Waals surface area contributed by atoms with Crippen molar-refractivity contribution in [2.24, 2.45) is 0 Å². The summed E-state index contributed by atoms with van der Waals surface area (Å²) in [5.74, 6) is 1.10. The van der Waals surface area contributed by atoms with Gasteiger partial charge in [0.1, 0.15) is 11.5 Å². The van der Waals surface area contributed by atoms with Crippen molar-refractivity contribution in [2.75, 3.05) is 7.11 Å². The average molecular weight is 224 g/mol. The van der Waals surface area contributed by atoms with Gasteiger partial charge in [0.05, 0.1) is 17.3 Å². The van der Waals surface area contributed by atoms with Crippen LogP contribution in [-0.4, -0.2) is 18.1 Å². The van der Waals surface area contributed by atoms with Gasteiger partial charge in [0.2, 0.25) is 0 Å². The Bertz CT molecular complexity index is 336. The van der Waals surface area contributed by atoms with E-state index in [2.05, 4.69) is 0 Å². The number of carbonyl (C=O) groups excluding carboxylic acids is 1. The second-order valence-electron chi connectivity index (χ2n) is 3.23. The maximum atomic E-state index is 11.5. The number of hydrogen-bond donors (Lipinski definition) is 0. The lowest BCUT2D eigenvalue weighted by Crippen LogP contribution is -2.11. The highest BCUT2D eigenvalue weighted by Crippen LogP contribution is 2.32. The number of benzene rings is 1. The first kappa shape index (κ1) is 12.1. The van der Waals surface area contributed by atoms with Crippen LogP contribution in [0.3, 0.4) is 0 Å². The van der Waals surface area contributed by atoms with Crippen molar-refractivity contribution in [1.82, 2.24) is 0 Å². The highest BCUT2D eigenvalue weighted by Gasteiger charge is 2.14. The van der Waals surface area contributed by atoms with Gasteiger partial charge in [0, 0.05) is 6.42 Å². The van der Waals surface area contributed by atoms with Crippen molar-refractivity contribution >= 4 is 17.5 Å². The highest BCUT2D eigenvalue weighted by atomic mass is 32.2. The lowest BCUT2D eigenvalue weighted by Gasteiger charge is -2.11. The van der Waals surface area contributed by atoms with E-state index in [4.69, 9.17) is 4.74 Å². The first-order chi connectivity index (χ1) is 7.19. The van der Waals surface area contributed by atoms with Gasteiger partial charge in [0.25, 0.3) is 0 Å². The van der Waals surface area contributed by atoms with E-state index in [-0.39, 0.29) is 11.0 Å². The zero-order chi connectivity index (χ0) is 11.3. The molecule has 3 heteroatoms. The molecular formula is C12H16O2S. The molecule has 0 aliphatic rings. The molecule has 82 valence electrons. The molecule has 1 atom stereocenters. The molecule has 1 rings (SSSR count). The largest absolute Gasteiger partial charge is 0.496 e. The predicted octanol–water partition coefficient (Wildman–Crippen LogP) is 3.15. The molecule has 15 heavy (non-hydrogen) atoms. The molecule has 0 spiro atoms. The van der Waals surface area contributed by atoms with Gasteiger partial charge in [-0.25, -0.2) is 0 Å². The van der Waals surface area contributed by atoms with E-state index in [1.165, 1.54) is 0 Å². The molecule has 1 unspecified atom stereocenters. The summed E-state index contributed by atoms with van der Waals surface area (Å²) in [6, 6.07) is 7.76. The summed E-state index contributed by atoms with van der Waals surface area (Å²) in [4.78, 5) is 12.5. The number of ether oxygens (including phenoxy) is 1. The van der Waals surface area contributed by atoms with Crippen LogP contribution in [0.2, 0.25) is 0 Å². The smallest absolute Gasteiger partial charge is 0.145 e. The van der Waals surface area contributed by atoms with Crippen LogP contribution in [-0.2, 0) is 4.79 Å². The first-order valence-electron chi connectivity index (χ1n) is 5.01. The molecule has 0 bridgehead atoms. The molecule has 0 heterocycles. The van der Waals surface area contributed by atoms with Gasteiger partial charge in [0.15, 0.2) is 0 Å². The number of rotatable bonds is 5. The van der Waals surface area contributed by atoms with E-state index in [0.29, 0.717) is 6.42 Å². The summed E-state index contributed by atoms with van der Waals surface area (Å²) in [5, 5.41) is -0.00806. The molecule has 0 amide bonds. The Morgan fingerprint density at radius 2 is 2.13 bits per heavy atom. The summed E-state index contributed by atoms with van der Waals surface area (Å²) in [7, 11) is 1.64. The van der Waals surface area contributed by atoms with Crippen LogP contribution in [0.1, 0.15) is 20.3 Å².